The van der Waals surface area contributed by atoms with Crippen LogP contribution < -0.4 is 0 Å². The Hall–Kier alpha value is -2.55. The van der Waals surface area contributed by atoms with Gasteiger partial charge in [0.1, 0.15) is 11.4 Å². The minimum Gasteiger partial charge on any atom is -0.504 e. The molecule has 1 aromatic heterocycles. The van der Waals surface area contributed by atoms with E-state index in [9.17, 15) is 5.11 Å². The van der Waals surface area contributed by atoms with E-state index in [1.54, 1.807) is 4.68 Å². The summed E-state index contributed by atoms with van der Waals surface area (Å²) in [6, 6.07) is 17.9. The van der Waals surface area contributed by atoms with Gasteiger partial charge in [0.15, 0.2) is 5.75 Å². The van der Waals surface area contributed by atoms with Crippen molar-refractivity contribution < 1.29 is 5.11 Å². The number of rotatable bonds is 2. The summed E-state index contributed by atoms with van der Waals surface area (Å²) in [5.74, 6) is 0.239. The lowest BCUT2D eigenvalue weighted by Crippen LogP contribution is -1.99. The molecule has 0 aliphatic rings. The van der Waals surface area contributed by atoms with Crippen LogP contribution >= 0.6 is 0 Å². The van der Waals surface area contributed by atoms with Crippen LogP contribution in [0.15, 0.2) is 54.6 Å². The molecule has 0 saturated carbocycles. The molecular formula is C17H16N2O. The average Bonchev–Trinajstić information content (AvgIpc) is 2.77. The summed E-state index contributed by atoms with van der Waals surface area (Å²) in [5, 5.41) is 14.8. The van der Waals surface area contributed by atoms with Crippen LogP contribution in [0.5, 0.6) is 5.75 Å². The lowest BCUT2D eigenvalue weighted by atomic mass is 10.0. The van der Waals surface area contributed by atoms with Crippen molar-refractivity contribution in [1.82, 2.24) is 9.78 Å². The standard InChI is InChI=1S/C17H16N2O/c1-12-8-6-7-11-15(12)16-17(20)13(2)18-19(16)14-9-4-3-5-10-14/h3-11,20H,1-2H3. The van der Waals surface area contributed by atoms with Gasteiger partial charge in [-0.25, -0.2) is 4.68 Å². The highest BCUT2D eigenvalue weighted by Crippen LogP contribution is 2.35. The largest absolute Gasteiger partial charge is 0.504 e. The van der Waals surface area contributed by atoms with Gasteiger partial charge < -0.3 is 5.11 Å². The molecule has 0 fully saturated rings. The molecule has 3 aromatic rings. The molecule has 100 valence electrons. The van der Waals surface area contributed by atoms with Gasteiger partial charge in [0.05, 0.1) is 5.69 Å². The monoisotopic (exact) mass is 264 g/mol. The van der Waals surface area contributed by atoms with Gasteiger partial charge >= 0.3 is 0 Å². The molecule has 0 aliphatic heterocycles. The fourth-order valence-corrected chi connectivity index (χ4v) is 2.36. The lowest BCUT2D eigenvalue weighted by molar-refractivity contribution is 0.473. The highest BCUT2D eigenvalue weighted by molar-refractivity contribution is 5.72. The van der Waals surface area contributed by atoms with Gasteiger partial charge in [-0.2, -0.15) is 5.10 Å². The van der Waals surface area contributed by atoms with Crippen LogP contribution in [0, 0.1) is 13.8 Å². The predicted octanol–water partition coefficient (Wildman–Crippen LogP) is 3.86. The molecule has 20 heavy (non-hydrogen) atoms. The summed E-state index contributed by atoms with van der Waals surface area (Å²) in [7, 11) is 0. The Morgan fingerprint density at radius 1 is 0.900 bits per heavy atom. The van der Waals surface area contributed by atoms with Gasteiger partial charge in [0.2, 0.25) is 0 Å². The van der Waals surface area contributed by atoms with Gasteiger partial charge in [-0.05, 0) is 31.5 Å². The first kappa shape index (κ1) is 12.5. The lowest BCUT2D eigenvalue weighted by Gasteiger charge is -2.10. The zero-order valence-corrected chi connectivity index (χ0v) is 11.5. The minimum absolute atomic E-state index is 0.239. The zero-order valence-electron chi connectivity index (χ0n) is 11.5. The maximum Gasteiger partial charge on any atom is 0.165 e. The van der Waals surface area contributed by atoms with Crippen molar-refractivity contribution in [2.45, 2.75) is 13.8 Å². The summed E-state index contributed by atoms with van der Waals surface area (Å²) in [6.07, 6.45) is 0. The van der Waals surface area contributed by atoms with Crippen LogP contribution in [0.2, 0.25) is 0 Å². The molecule has 0 spiro atoms. The Labute approximate surface area is 118 Å². The van der Waals surface area contributed by atoms with Gasteiger partial charge in [0.25, 0.3) is 0 Å². The second-order valence-corrected chi connectivity index (χ2v) is 4.84. The van der Waals surface area contributed by atoms with Crippen molar-refractivity contribution in [2.24, 2.45) is 0 Å². The number of hydrogen-bond donors (Lipinski definition) is 1. The van der Waals surface area contributed by atoms with Crippen molar-refractivity contribution in [3.8, 4) is 22.7 Å². The van der Waals surface area contributed by atoms with Crippen molar-refractivity contribution in [2.75, 3.05) is 0 Å². The molecule has 0 saturated heterocycles. The second-order valence-electron chi connectivity index (χ2n) is 4.84. The molecule has 1 heterocycles. The SMILES string of the molecule is Cc1ccccc1-c1c(O)c(C)nn1-c1ccccc1. The molecule has 3 rings (SSSR count). The molecule has 0 radical (unpaired) electrons. The van der Waals surface area contributed by atoms with Crippen molar-refractivity contribution in [3.05, 3.63) is 65.9 Å². The number of aryl methyl sites for hydroxylation is 2. The highest BCUT2D eigenvalue weighted by Gasteiger charge is 2.18. The van der Waals surface area contributed by atoms with Crippen LogP contribution in [0.1, 0.15) is 11.3 Å². The fraction of sp³-hybridized carbons (Fsp3) is 0.118. The van der Waals surface area contributed by atoms with E-state index < -0.39 is 0 Å². The van der Waals surface area contributed by atoms with Crippen LogP contribution in [0.4, 0.5) is 0 Å². The molecular weight excluding hydrogens is 248 g/mol. The Morgan fingerprint density at radius 2 is 1.55 bits per heavy atom. The summed E-state index contributed by atoms with van der Waals surface area (Å²) >= 11 is 0. The van der Waals surface area contributed by atoms with Gasteiger partial charge in [-0.1, -0.05) is 42.5 Å². The van der Waals surface area contributed by atoms with E-state index in [0.29, 0.717) is 5.69 Å². The second kappa shape index (κ2) is 4.85. The van der Waals surface area contributed by atoms with E-state index in [0.717, 1.165) is 22.5 Å². The Balaban J connectivity index is 2.29. The van der Waals surface area contributed by atoms with E-state index >= 15 is 0 Å². The highest BCUT2D eigenvalue weighted by atomic mass is 16.3. The molecule has 0 bridgehead atoms. The van der Waals surface area contributed by atoms with Crippen LogP contribution in [-0.2, 0) is 0 Å². The summed E-state index contributed by atoms with van der Waals surface area (Å²) in [5.41, 5.74) is 4.42. The molecule has 0 aliphatic carbocycles. The third-order valence-corrected chi connectivity index (χ3v) is 3.43. The number of hydrogen-bond acceptors (Lipinski definition) is 2. The van der Waals surface area contributed by atoms with E-state index in [1.165, 1.54) is 0 Å². The minimum atomic E-state index is 0.239. The van der Waals surface area contributed by atoms with Gasteiger partial charge in [-0.3, -0.25) is 0 Å². The Morgan fingerprint density at radius 3 is 2.25 bits per heavy atom. The first-order valence-electron chi connectivity index (χ1n) is 6.58. The summed E-state index contributed by atoms with van der Waals surface area (Å²) < 4.78 is 1.80. The van der Waals surface area contributed by atoms with Gasteiger partial charge in [0, 0.05) is 5.56 Å². The van der Waals surface area contributed by atoms with Crippen LogP contribution in [0.25, 0.3) is 16.9 Å². The smallest absolute Gasteiger partial charge is 0.165 e. The number of nitrogens with zero attached hydrogens (tertiary/aromatic N) is 2. The molecule has 0 unspecified atom stereocenters. The maximum absolute atomic E-state index is 10.4. The van der Waals surface area contributed by atoms with E-state index in [1.807, 2.05) is 68.4 Å². The van der Waals surface area contributed by atoms with E-state index in [2.05, 4.69) is 5.10 Å². The molecule has 0 amide bonds. The third kappa shape index (κ3) is 1.97. The normalized spacial score (nSPS) is 10.7. The number of para-hydroxylation sites is 1. The van der Waals surface area contributed by atoms with Crippen LogP contribution in [-0.4, -0.2) is 14.9 Å². The number of aromatic nitrogens is 2. The summed E-state index contributed by atoms with van der Waals surface area (Å²) in [4.78, 5) is 0. The Kier molecular flexibility index (Phi) is 3.03. The molecule has 3 heteroatoms. The van der Waals surface area contributed by atoms with Crippen molar-refractivity contribution >= 4 is 0 Å². The first-order chi connectivity index (χ1) is 9.68. The summed E-state index contributed by atoms with van der Waals surface area (Å²) in [6.45, 7) is 3.85. The molecule has 1 N–H and O–H groups in total. The fourth-order valence-electron chi connectivity index (χ4n) is 2.36. The van der Waals surface area contributed by atoms with Gasteiger partial charge in [-0.15, -0.1) is 0 Å². The number of benzene rings is 2. The van der Waals surface area contributed by atoms with Crippen LogP contribution in [0.3, 0.4) is 0 Å². The van der Waals surface area contributed by atoms with Crippen molar-refractivity contribution in [1.29, 1.82) is 0 Å². The Bertz CT molecular complexity index is 745. The third-order valence-electron chi connectivity index (χ3n) is 3.43. The molecule has 3 nitrogen and oxygen atoms in total. The number of aromatic hydroxyl groups is 1. The zero-order chi connectivity index (χ0) is 14.1. The van der Waals surface area contributed by atoms with E-state index in [-0.39, 0.29) is 5.75 Å². The van der Waals surface area contributed by atoms with E-state index in [4.69, 9.17) is 0 Å². The quantitative estimate of drug-likeness (QED) is 0.763. The topological polar surface area (TPSA) is 38.1 Å². The molecule has 0 atom stereocenters. The first-order valence-corrected chi connectivity index (χ1v) is 6.58. The van der Waals surface area contributed by atoms with Crippen molar-refractivity contribution in [3.63, 3.8) is 0 Å². The molecule has 2 aromatic carbocycles. The predicted molar refractivity (Wildman–Crippen MR) is 80.1 cm³/mol. The average molecular weight is 264 g/mol. The maximum atomic E-state index is 10.4.